The quantitative estimate of drug-likeness (QED) is 0.605. The van der Waals surface area contributed by atoms with Gasteiger partial charge in [-0.15, -0.1) is 0 Å². The van der Waals surface area contributed by atoms with Crippen LogP contribution in [0.1, 0.15) is 0 Å². The molecule has 1 aliphatic rings. The molecule has 0 fully saturated rings. The molecule has 0 aromatic carbocycles. The highest BCUT2D eigenvalue weighted by Crippen LogP contribution is 1.95. The number of ether oxygens (including phenoxy) is 2. The topological polar surface area (TPSA) is 30.5 Å². The lowest BCUT2D eigenvalue weighted by atomic mass is 10.4. The highest BCUT2D eigenvalue weighted by molar-refractivity contribution is 5.09. The fraction of sp³-hybridized carbons (Fsp3) is 0.500. The van der Waals surface area contributed by atoms with Crippen LogP contribution in [-0.2, 0) is 9.47 Å². The van der Waals surface area contributed by atoms with Gasteiger partial charge >= 0.3 is 0 Å². The maximum atomic E-state index is 5.35. The minimum Gasteiger partial charge on any atom is -0.382 e. The Bertz CT molecular complexity index is 154. The molecule has 1 unspecified atom stereocenters. The minimum absolute atomic E-state index is 0.00940. The van der Waals surface area contributed by atoms with Crippen molar-refractivity contribution >= 4 is 0 Å². The molecule has 0 saturated carbocycles. The summed E-state index contributed by atoms with van der Waals surface area (Å²) in [6, 6.07) is 0. The molecule has 0 radical (unpaired) electrons. The number of rotatable bonds is 4. The molecule has 0 aromatic heterocycles. The molecule has 3 nitrogen and oxygen atoms in total. The van der Waals surface area contributed by atoms with E-state index in [0.717, 1.165) is 0 Å². The van der Waals surface area contributed by atoms with Gasteiger partial charge in [0.15, 0.2) is 0 Å². The van der Waals surface area contributed by atoms with Gasteiger partial charge in [0.05, 0.1) is 13.2 Å². The molecule has 1 atom stereocenters. The van der Waals surface area contributed by atoms with Gasteiger partial charge < -0.3 is 14.8 Å². The van der Waals surface area contributed by atoms with Gasteiger partial charge in [-0.1, -0.05) is 6.08 Å². The molecule has 1 aliphatic heterocycles. The Morgan fingerprint density at radius 1 is 1.36 bits per heavy atom. The fourth-order valence-corrected chi connectivity index (χ4v) is 0.789. The summed E-state index contributed by atoms with van der Waals surface area (Å²) in [5.74, 6) is 0. The second-order valence-corrected chi connectivity index (χ2v) is 2.19. The van der Waals surface area contributed by atoms with Crippen molar-refractivity contribution < 1.29 is 9.47 Å². The van der Waals surface area contributed by atoms with E-state index in [2.05, 4.69) is 5.32 Å². The monoisotopic (exact) mass is 155 g/mol. The summed E-state index contributed by atoms with van der Waals surface area (Å²) in [5.41, 5.74) is 0. The summed E-state index contributed by atoms with van der Waals surface area (Å²) in [5, 5.41) is 3.03. The minimum atomic E-state index is 0.00940. The van der Waals surface area contributed by atoms with Crippen molar-refractivity contribution in [3.05, 3.63) is 24.4 Å². The molecule has 0 amide bonds. The van der Waals surface area contributed by atoms with Gasteiger partial charge in [-0.2, -0.15) is 0 Å². The lowest BCUT2D eigenvalue weighted by Gasteiger charge is -2.15. The van der Waals surface area contributed by atoms with E-state index in [4.69, 9.17) is 9.47 Å². The number of methoxy groups -OCH3 is 1. The van der Waals surface area contributed by atoms with E-state index in [9.17, 15) is 0 Å². The Morgan fingerprint density at radius 2 is 2.27 bits per heavy atom. The Kier molecular flexibility index (Phi) is 3.72. The maximum absolute atomic E-state index is 5.35. The third kappa shape index (κ3) is 3.20. The van der Waals surface area contributed by atoms with Crippen LogP contribution < -0.4 is 5.32 Å². The fourth-order valence-electron chi connectivity index (χ4n) is 0.789. The predicted molar refractivity (Wildman–Crippen MR) is 43.0 cm³/mol. The maximum Gasteiger partial charge on any atom is 0.147 e. The lowest BCUT2D eigenvalue weighted by Crippen LogP contribution is -2.27. The zero-order valence-electron chi connectivity index (χ0n) is 6.62. The summed E-state index contributed by atoms with van der Waals surface area (Å²) in [4.78, 5) is 0. The van der Waals surface area contributed by atoms with Crippen molar-refractivity contribution in [2.24, 2.45) is 0 Å². The first kappa shape index (κ1) is 8.30. The Balaban J connectivity index is 2.07. The van der Waals surface area contributed by atoms with E-state index < -0.39 is 0 Å². The van der Waals surface area contributed by atoms with Crippen LogP contribution in [0.3, 0.4) is 0 Å². The molecular weight excluding hydrogens is 142 g/mol. The molecule has 1 N–H and O–H groups in total. The van der Waals surface area contributed by atoms with Gasteiger partial charge in [-0.25, -0.2) is 0 Å². The van der Waals surface area contributed by atoms with Crippen LogP contribution in [0.4, 0.5) is 0 Å². The van der Waals surface area contributed by atoms with Crippen molar-refractivity contribution in [1.82, 2.24) is 5.32 Å². The highest BCUT2D eigenvalue weighted by Gasteiger charge is 2.01. The van der Waals surface area contributed by atoms with Gasteiger partial charge in [0.2, 0.25) is 0 Å². The normalized spacial score (nSPS) is 21.7. The second kappa shape index (κ2) is 4.93. The first-order valence-corrected chi connectivity index (χ1v) is 3.63. The van der Waals surface area contributed by atoms with Crippen LogP contribution in [0.2, 0.25) is 0 Å². The Labute approximate surface area is 66.7 Å². The van der Waals surface area contributed by atoms with Crippen LogP contribution in [0.15, 0.2) is 24.4 Å². The van der Waals surface area contributed by atoms with Gasteiger partial charge in [-0.3, -0.25) is 0 Å². The van der Waals surface area contributed by atoms with E-state index in [1.807, 2.05) is 24.4 Å². The first-order chi connectivity index (χ1) is 5.43. The van der Waals surface area contributed by atoms with Crippen LogP contribution in [0, 0.1) is 0 Å². The van der Waals surface area contributed by atoms with Crippen molar-refractivity contribution in [2.45, 2.75) is 6.23 Å². The molecule has 0 aromatic rings. The smallest absolute Gasteiger partial charge is 0.147 e. The van der Waals surface area contributed by atoms with E-state index in [1.165, 1.54) is 0 Å². The van der Waals surface area contributed by atoms with Crippen LogP contribution >= 0.6 is 0 Å². The lowest BCUT2D eigenvalue weighted by molar-refractivity contribution is 0.0301. The summed E-state index contributed by atoms with van der Waals surface area (Å²) in [6.07, 6.45) is 7.70. The standard InChI is InChI=1S/C8H13NO2/c1-10-6-7-11-8-4-2-3-5-9-8/h2-5,8-9H,6-7H2,1H3. The molecule has 0 spiro atoms. The van der Waals surface area contributed by atoms with Crippen molar-refractivity contribution in [2.75, 3.05) is 20.3 Å². The zero-order chi connectivity index (χ0) is 7.94. The van der Waals surface area contributed by atoms with E-state index in [1.54, 1.807) is 7.11 Å². The first-order valence-electron chi connectivity index (χ1n) is 3.63. The predicted octanol–water partition coefficient (Wildman–Crippen LogP) is 0.649. The molecule has 0 saturated heterocycles. The average molecular weight is 155 g/mol. The van der Waals surface area contributed by atoms with Gasteiger partial charge in [0.25, 0.3) is 0 Å². The number of allylic oxidation sites excluding steroid dienone is 2. The van der Waals surface area contributed by atoms with Crippen LogP contribution in [0.5, 0.6) is 0 Å². The third-order valence-corrected chi connectivity index (χ3v) is 1.34. The van der Waals surface area contributed by atoms with Gasteiger partial charge in [-0.05, 0) is 18.4 Å². The molecule has 0 aliphatic carbocycles. The Morgan fingerprint density at radius 3 is 2.91 bits per heavy atom. The molecule has 11 heavy (non-hydrogen) atoms. The zero-order valence-corrected chi connectivity index (χ0v) is 6.62. The largest absolute Gasteiger partial charge is 0.382 e. The van der Waals surface area contributed by atoms with Crippen LogP contribution in [0.25, 0.3) is 0 Å². The molecule has 3 heteroatoms. The van der Waals surface area contributed by atoms with Crippen molar-refractivity contribution in [1.29, 1.82) is 0 Å². The van der Waals surface area contributed by atoms with Crippen LogP contribution in [-0.4, -0.2) is 26.6 Å². The summed E-state index contributed by atoms with van der Waals surface area (Å²) < 4.78 is 10.2. The Hall–Kier alpha value is -0.800. The van der Waals surface area contributed by atoms with Gasteiger partial charge in [0, 0.05) is 7.11 Å². The molecular formula is C8H13NO2. The molecule has 62 valence electrons. The van der Waals surface area contributed by atoms with E-state index in [0.29, 0.717) is 13.2 Å². The van der Waals surface area contributed by atoms with Gasteiger partial charge in [0.1, 0.15) is 6.23 Å². The summed E-state index contributed by atoms with van der Waals surface area (Å²) in [7, 11) is 1.66. The van der Waals surface area contributed by atoms with E-state index >= 15 is 0 Å². The summed E-state index contributed by atoms with van der Waals surface area (Å²) in [6.45, 7) is 1.25. The molecule has 0 bridgehead atoms. The second-order valence-electron chi connectivity index (χ2n) is 2.19. The van der Waals surface area contributed by atoms with Crippen molar-refractivity contribution in [3.63, 3.8) is 0 Å². The summed E-state index contributed by atoms with van der Waals surface area (Å²) >= 11 is 0. The molecule has 1 heterocycles. The highest BCUT2D eigenvalue weighted by atomic mass is 16.5. The molecule has 1 rings (SSSR count). The SMILES string of the molecule is COCCOC1C=CC=CN1. The van der Waals surface area contributed by atoms with Crippen molar-refractivity contribution in [3.8, 4) is 0 Å². The number of hydrogen-bond acceptors (Lipinski definition) is 3. The van der Waals surface area contributed by atoms with E-state index in [-0.39, 0.29) is 6.23 Å². The number of hydrogen-bond donors (Lipinski definition) is 1. The third-order valence-electron chi connectivity index (χ3n) is 1.34. The number of nitrogens with one attached hydrogen (secondary N) is 1. The number of dihydropyridines is 1. The average Bonchev–Trinajstić information content (AvgIpc) is 2.07.